The Kier molecular flexibility index (Phi) is 5.83. The van der Waals surface area contributed by atoms with Crippen LogP contribution in [0.2, 0.25) is 0 Å². The van der Waals surface area contributed by atoms with Crippen molar-refractivity contribution in [2.45, 2.75) is 46.0 Å². The molecule has 0 radical (unpaired) electrons. The third-order valence-corrected chi connectivity index (χ3v) is 5.51. The first-order chi connectivity index (χ1) is 12.5. The highest BCUT2D eigenvalue weighted by molar-refractivity contribution is 5.86. The van der Waals surface area contributed by atoms with Gasteiger partial charge in [0, 0.05) is 36.1 Å². The average Bonchev–Trinajstić information content (AvgIpc) is 2.76. The van der Waals surface area contributed by atoms with E-state index in [1.165, 1.54) is 33.3 Å². The second-order valence-corrected chi connectivity index (χ2v) is 7.82. The van der Waals surface area contributed by atoms with E-state index in [1.54, 1.807) is 5.56 Å². The molecular weight excluding hydrogens is 316 g/mol. The lowest BCUT2D eigenvalue weighted by Crippen LogP contribution is -2.21. The number of nitrogens with zero attached hydrogens (tertiary/aromatic N) is 1. The Labute approximate surface area is 158 Å². The van der Waals surface area contributed by atoms with Crippen LogP contribution in [0.25, 0.3) is 10.9 Å². The number of aryl methyl sites for hydroxylation is 2. The third-order valence-electron chi connectivity index (χ3n) is 5.51. The minimum absolute atomic E-state index is 0.542. The van der Waals surface area contributed by atoms with Crippen LogP contribution in [0.4, 0.5) is 0 Å². The number of allylic oxidation sites excluding steroid dienone is 5. The topological polar surface area (TPSA) is 17.0 Å². The van der Waals surface area contributed by atoms with Gasteiger partial charge in [-0.1, -0.05) is 42.0 Å². The summed E-state index contributed by atoms with van der Waals surface area (Å²) < 4.78 is 2.44. The number of benzene rings is 1. The van der Waals surface area contributed by atoms with Gasteiger partial charge in [-0.3, -0.25) is 0 Å². The van der Waals surface area contributed by atoms with Crippen molar-refractivity contribution in [3.05, 3.63) is 71.0 Å². The molecule has 1 aliphatic rings. The molecule has 138 valence electrons. The van der Waals surface area contributed by atoms with Gasteiger partial charge in [-0.25, -0.2) is 0 Å². The predicted octanol–water partition coefficient (Wildman–Crippen LogP) is 5.57. The molecule has 1 N–H and O–H groups in total. The first kappa shape index (κ1) is 18.7. The Bertz CT molecular complexity index is 860. The van der Waals surface area contributed by atoms with Gasteiger partial charge in [0.05, 0.1) is 0 Å². The highest BCUT2D eigenvalue weighted by Gasteiger charge is 2.24. The van der Waals surface area contributed by atoms with E-state index in [-0.39, 0.29) is 0 Å². The largest absolute Gasteiger partial charge is 0.347 e. The van der Waals surface area contributed by atoms with Gasteiger partial charge >= 0.3 is 0 Å². The quantitative estimate of drug-likeness (QED) is 0.699. The van der Waals surface area contributed by atoms with Crippen LogP contribution >= 0.6 is 0 Å². The lowest BCUT2D eigenvalue weighted by atomic mass is 9.93. The van der Waals surface area contributed by atoms with E-state index in [0.717, 1.165) is 32.4 Å². The fraction of sp³-hybridized carbons (Fsp3) is 0.417. The van der Waals surface area contributed by atoms with Gasteiger partial charge in [0.1, 0.15) is 0 Å². The molecule has 1 aliphatic heterocycles. The standard InChI is InChI=1S/C24H32N2/c1-6-19(9-7-17(2)3)10-11-20-16-25-14-13-21-22-15-18(4)8-12-23(22)26(5)24(20)21/h6-9,12,15,20,25H,1,10-11,13-14,16H2,2-5H3/b19-9+. The molecule has 0 saturated heterocycles. The normalized spacial score (nSPS) is 17.7. The summed E-state index contributed by atoms with van der Waals surface area (Å²) in [5.41, 5.74) is 8.45. The van der Waals surface area contributed by atoms with E-state index >= 15 is 0 Å². The monoisotopic (exact) mass is 348 g/mol. The molecule has 0 spiro atoms. The minimum Gasteiger partial charge on any atom is -0.347 e. The predicted molar refractivity (Wildman–Crippen MR) is 114 cm³/mol. The Morgan fingerprint density at radius 2 is 2.12 bits per heavy atom. The van der Waals surface area contributed by atoms with E-state index in [9.17, 15) is 0 Å². The zero-order valence-electron chi connectivity index (χ0n) is 16.7. The van der Waals surface area contributed by atoms with E-state index in [0.29, 0.717) is 5.92 Å². The maximum Gasteiger partial charge on any atom is 0.0483 e. The van der Waals surface area contributed by atoms with Crippen molar-refractivity contribution >= 4 is 10.9 Å². The van der Waals surface area contributed by atoms with Gasteiger partial charge in [0.25, 0.3) is 0 Å². The van der Waals surface area contributed by atoms with Crippen molar-refractivity contribution in [1.82, 2.24) is 9.88 Å². The van der Waals surface area contributed by atoms with Gasteiger partial charge in [0.2, 0.25) is 0 Å². The summed E-state index contributed by atoms with van der Waals surface area (Å²) in [5.74, 6) is 0.542. The van der Waals surface area contributed by atoms with E-state index in [4.69, 9.17) is 0 Å². The second kappa shape index (κ2) is 8.09. The van der Waals surface area contributed by atoms with Crippen LogP contribution in [0.3, 0.4) is 0 Å². The number of hydrogen-bond donors (Lipinski definition) is 1. The lowest BCUT2D eigenvalue weighted by molar-refractivity contribution is 0.551. The van der Waals surface area contributed by atoms with Crippen molar-refractivity contribution in [2.24, 2.45) is 7.05 Å². The molecule has 3 rings (SSSR count). The average molecular weight is 349 g/mol. The van der Waals surface area contributed by atoms with Gasteiger partial charge in [-0.15, -0.1) is 0 Å². The highest BCUT2D eigenvalue weighted by atomic mass is 15.0. The van der Waals surface area contributed by atoms with E-state index < -0.39 is 0 Å². The maximum absolute atomic E-state index is 4.01. The van der Waals surface area contributed by atoms with Crippen molar-refractivity contribution in [3.8, 4) is 0 Å². The summed E-state index contributed by atoms with van der Waals surface area (Å²) in [6.07, 6.45) is 9.76. The molecular formula is C24H32N2. The van der Waals surface area contributed by atoms with Crippen molar-refractivity contribution in [3.63, 3.8) is 0 Å². The van der Waals surface area contributed by atoms with Crippen molar-refractivity contribution in [1.29, 1.82) is 0 Å². The molecule has 1 atom stereocenters. The molecule has 0 bridgehead atoms. The Morgan fingerprint density at radius 1 is 1.31 bits per heavy atom. The van der Waals surface area contributed by atoms with Crippen LogP contribution in [0.15, 0.2) is 54.2 Å². The summed E-state index contributed by atoms with van der Waals surface area (Å²) in [5, 5.41) is 5.10. The number of aromatic nitrogens is 1. The fourth-order valence-corrected chi connectivity index (χ4v) is 4.13. The fourth-order valence-electron chi connectivity index (χ4n) is 4.13. The SMILES string of the molecule is C=C/C(=C\C=C(C)C)CCC1CNCCc2c1n(C)c1ccc(C)cc21. The first-order valence-electron chi connectivity index (χ1n) is 9.76. The summed E-state index contributed by atoms with van der Waals surface area (Å²) in [6, 6.07) is 6.88. The molecule has 0 saturated carbocycles. The Morgan fingerprint density at radius 3 is 2.85 bits per heavy atom. The van der Waals surface area contributed by atoms with Crippen LogP contribution in [-0.2, 0) is 13.5 Å². The number of hydrogen-bond acceptors (Lipinski definition) is 1. The molecule has 0 aliphatic carbocycles. The van der Waals surface area contributed by atoms with Gasteiger partial charge < -0.3 is 9.88 Å². The zero-order chi connectivity index (χ0) is 18.7. The molecule has 2 heteroatoms. The van der Waals surface area contributed by atoms with Crippen LogP contribution in [0, 0.1) is 6.92 Å². The molecule has 0 fully saturated rings. The van der Waals surface area contributed by atoms with Crippen molar-refractivity contribution < 1.29 is 0 Å². The van der Waals surface area contributed by atoms with E-state index in [2.05, 4.69) is 74.6 Å². The molecule has 2 heterocycles. The molecule has 2 nitrogen and oxygen atoms in total. The van der Waals surface area contributed by atoms with Crippen LogP contribution in [0.5, 0.6) is 0 Å². The van der Waals surface area contributed by atoms with Crippen LogP contribution in [0.1, 0.15) is 49.4 Å². The first-order valence-corrected chi connectivity index (χ1v) is 9.76. The van der Waals surface area contributed by atoms with Gasteiger partial charge in [0.15, 0.2) is 0 Å². The minimum atomic E-state index is 0.542. The van der Waals surface area contributed by atoms with Gasteiger partial charge in [-0.2, -0.15) is 0 Å². The van der Waals surface area contributed by atoms with Crippen molar-refractivity contribution in [2.75, 3.05) is 13.1 Å². The lowest BCUT2D eigenvalue weighted by Gasteiger charge is -2.18. The number of nitrogens with one attached hydrogen (secondary N) is 1. The molecule has 0 amide bonds. The number of rotatable bonds is 5. The summed E-state index contributed by atoms with van der Waals surface area (Å²) >= 11 is 0. The second-order valence-electron chi connectivity index (χ2n) is 7.82. The maximum atomic E-state index is 4.01. The van der Waals surface area contributed by atoms with E-state index in [1.807, 2.05) is 6.08 Å². The van der Waals surface area contributed by atoms with Crippen LogP contribution < -0.4 is 5.32 Å². The number of fused-ring (bicyclic) bond motifs is 3. The third kappa shape index (κ3) is 3.86. The smallest absolute Gasteiger partial charge is 0.0483 e. The molecule has 26 heavy (non-hydrogen) atoms. The Balaban J connectivity index is 1.93. The summed E-state index contributed by atoms with van der Waals surface area (Å²) in [6.45, 7) is 12.6. The zero-order valence-corrected chi connectivity index (χ0v) is 16.7. The summed E-state index contributed by atoms with van der Waals surface area (Å²) in [7, 11) is 2.24. The molecule has 2 aromatic rings. The van der Waals surface area contributed by atoms with Gasteiger partial charge in [-0.05, 0) is 69.8 Å². The summed E-state index contributed by atoms with van der Waals surface area (Å²) in [4.78, 5) is 0. The molecule has 1 aromatic carbocycles. The molecule has 1 unspecified atom stereocenters. The Hall–Kier alpha value is -2.06. The highest BCUT2D eigenvalue weighted by Crippen LogP contribution is 2.35. The molecule has 1 aromatic heterocycles. The van der Waals surface area contributed by atoms with Crippen LogP contribution in [-0.4, -0.2) is 17.7 Å².